The SMILES string of the molecule is O=C(O)c1c[nH]c2cc(Cl)c(-c3ccc(OCC4CCO4)cc3)cc12. The van der Waals surface area contributed by atoms with Crippen molar-refractivity contribution in [3.05, 3.63) is 53.2 Å². The monoisotopic (exact) mass is 357 g/mol. The van der Waals surface area contributed by atoms with E-state index in [9.17, 15) is 9.90 Å². The van der Waals surface area contributed by atoms with Gasteiger partial charge in [0.25, 0.3) is 0 Å². The lowest BCUT2D eigenvalue weighted by Gasteiger charge is -2.26. The molecule has 6 heteroatoms. The van der Waals surface area contributed by atoms with Gasteiger partial charge >= 0.3 is 5.97 Å². The van der Waals surface area contributed by atoms with Crippen LogP contribution in [-0.4, -0.2) is 35.4 Å². The van der Waals surface area contributed by atoms with E-state index in [1.54, 1.807) is 12.1 Å². The molecule has 0 bridgehead atoms. The van der Waals surface area contributed by atoms with Crippen molar-refractivity contribution < 1.29 is 19.4 Å². The third kappa shape index (κ3) is 3.08. The first kappa shape index (κ1) is 16.0. The minimum Gasteiger partial charge on any atom is -0.491 e. The third-order valence-corrected chi connectivity index (χ3v) is 4.71. The summed E-state index contributed by atoms with van der Waals surface area (Å²) in [5, 5.41) is 10.5. The van der Waals surface area contributed by atoms with Crippen LogP contribution in [0.3, 0.4) is 0 Å². The smallest absolute Gasteiger partial charge is 0.337 e. The highest BCUT2D eigenvalue weighted by Crippen LogP contribution is 2.34. The van der Waals surface area contributed by atoms with Crippen LogP contribution in [0.1, 0.15) is 16.8 Å². The lowest BCUT2D eigenvalue weighted by Crippen LogP contribution is -2.32. The highest BCUT2D eigenvalue weighted by molar-refractivity contribution is 6.34. The number of carboxylic acid groups (broad SMARTS) is 1. The number of ether oxygens (including phenoxy) is 2. The van der Waals surface area contributed by atoms with E-state index in [0.29, 0.717) is 22.5 Å². The van der Waals surface area contributed by atoms with Crippen molar-refractivity contribution >= 4 is 28.5 Å². The first-order valence-corrected chi connectivity index (χ1v) is 8.38. The maximum atomic E-state index is 11.3. The van der Waals surface area contributed by atoms with Gasteiger partial charge in [-0.05, 0) is 29.8 Å². The maximum absolute atomic E-state index is 11.3. The number of aromatic amines is 1. The van der Waals surface area contributed by atoms with Gasteiger partial charge in [-0.3, -0.25) is 0 Å². The molecule has 128 valence electrons. The number of rotatable bonds is 5. The first-order chi connectivity index (χ1) is 12.1. The molecule has 0 saturated carbocycles. The zero-order valence-corrected chi connectivity index (χ0v) is 14.0. The van der Waals surface area contributed by atoms with E-state index >= 15 is 0 Å². The van der Waals surface area contributed by atoms with E-state index in [1.807, 2.05) is 24.3 Å². The van der Waals surface area contributed by atoms with Crippen LogP contribution in [0.2, 0.25) is 5.02 Å². The molecular formula is C19H16ClNO4. The summed E-state index contributed by atoms with van der Waals surface area (Å²) in [6.07, 6.45) is 2.71. The largest absolute Gasteiger partial charge is 0.491 e. The molecule has 2 N–H and O–H groups in total. The van der Waals surface area contributed by atoms with Gasteiger partial charge in [0.05, 0.1) is 16.7 Å². The minimum atomic E-state index is -0.971. The number of aromatic carboxylic acids is 1. The number of hydrogen-bond donors (Lipinski definition) is 2. The van der Waals surface area contributed by atoms with Gasteiger partial charge < -0.3 is 19.6 Å². The molecule has 1 aliphatic rings. The highest BCUT2D eigenvalue weighted by Gasteiger charge is 2.18. The van der Waals surface area contributed by atoms with Crippen LogP contribution in [0.5, 0.6) is 5.75 Å². The zero-order valence-electron chi connectivity index (χ0n) is 13.3. The second-order valence-electron chi connectivity index (χ2n) is 6.00. The molecule has 1 unspecified atom stereocenters. The number of halogens is 1. The van der Waals surface area contributed by atoms with Crippen molar-refractivity contribution in [3.8, 4) is 16.9 Å². The van der Waals surface area contributed by atoms with E-state index in [2.05, 4.69) is 4.98 Å². The Morgan fingerprint density at radius 2 is 2.08 bits per heavy atom. The molecule has 3 aromatic rings. The Morgan fingerprint density at radius 1 is 1.32 bits per heavy atom. The van der Waals surface area contributed by atoms with E-state index in [1.165, 1.54) is 6.20 Å². The molecule has 2 heterocycles. The van der Waals surface area contributed by atoms with Gasteiger partial charge in [0, 0.05) is 35.7 Å². The van der Waals surface area contributed by atoms with E-state index in [0.717, 1.165) is 29.9 Å². The van der Waals surface area contributed by atoms with Crippen LogP contribution < -0.4 is 4.74 Å². The molecule has 1 atom stereocenters. The van der Waals surface area contributed by atoms with Crippen LogP contribution in [0.25, 0.3) is 22.0 Å². The highest BCUT2D eigenvalue weighted by atomic mass is 35.5. The summed E-state index contributed by atoms with van der Waals surface area (Å²) in [7, 11) is 0. The lowest BCUT2D eigenvalue weighted by molar-refractivity contribution is -0.0720. The summed E-state index contributed by atoms with van der Waals surface area (Å²) < 4.78 is 11.0. The number of carbonyl (C=O) groups is 1. The normalized spacial score (nSPS) is 16.6. The van der Waals surface area contributed by atoms with Gasteiger partial charge in [0.1, 0.15) is 12.4 Å². The van der Waals surface area contributed by atoms with E-state index in [-0.39, 0.29) is 11.7 Å². The Bertz CT molecular complexity index is 928. The molecule has 2 aromatic carbocycles. The number of nitrogens with one attached hydrogen (secondary N) is 1. The Morgan fingerprint density at radius 3 is 2.72 bits per heavy atom. The topological polar surface area (TPSA) is 71.5 Å². The van der Waals surface area contributed by atoms with Crippen LogP contribution >= 0.6 is 11.6 Å². The van der Waals surface area contributed by atoms with Gasteiger partial charge in [-0.25, -0.2) is 4.79 Å². The molecule has 1 aliphatic heterocycles. The van der Waals surface area contributed by atoms with Gasteiger partial charge in [0.2, 0.25) is 0 Å². The molecule has 25 heavy (non-hydrogen) atoms. The van der Waals surface area contributed by atoms with Crippen LogP contribution in [0.4, 0.5) is 0 Å². The van der Waals surface area contributed by atoms with Crippen LogP contribution in [-0.2, 0) is 4.74 Å². The van der Waals surface area contributed by atoms with Gasteiger partial charge in [-0.15, -0.1) is 0 Å². The first-order valence-electron chi connectivity index (χ1n) is 8.00. The number of fused-ring (bicyclic) bond motifs is 1. The van der Waals surface area contributed by atoms with Crippen LogP contribution in [0.15, 0.2) is 42.6 Å². The van der Waals surface area contributed by atoms with Crippen molar-refractivity contribution in [3.63, 3.8) is 0 Å². The number of benzene rings is 2. The second kappa shape index (κ2) is 6.43. The van der Waals surface area contributed by atoms with Crippen molar-refractivity contribution in [2.24, 2.45) is 0 Å². The fraction of sp³-hybridized carbons (Fsp3) is 0.211. The maximum Gasteiger partial charge on any atom is 0.337 e. The Hall–Kier alpha value is -2.50. The summed E-state index contributed by atoms with van der Waals surface area (Å²) in [6.45, 7) is 1.36. The van der Waals surface area contributed by atoms with Crippen molar-refractivity contribution in [2.45, 2.75) is 12.5 Å². The Kier molecular flexibility index (Phi) is 4.11. The molecule has 4 rings (SSSR count). The number of H-pyrrole nitrogens is 1. The van der Waals surface area contributed by atoms with E-state index in [4.69, 9.17) is 21.1 Å². The predicted molar refractivity (Wildman–Crippen MR) is 95.6 cm³/mol. The van der Waals surface area contributed by atoms with Crippen LogP contribution in [0, 0.1) is 0 Å². The molecule has 1 fully saturated rings. The Balaban J connectivity index is 1.62. The number of hydrogen-bond acceptors (Lipinski definition) is 3. The average molecular weight is 358 g/mol. The fourth-order valence-electron chi connectivity index (χ4n) is 2.88. The third-order valence-electron chi connectivity index (χ3n) is 4.39. The molecule has 1 aromatic heterocycles. The second-order valence-corrected chi connectivity index (χ2v) is 6.41. The van der Waals surface area contributed by atoms with Gasteiger partial charge in [0.15, 0.2) is 0 Å². The number of carboxylic acids is 1. The lowest BCUT2D eigenvalue weighted by atomic mass is 10.0. The predicted octanol–water partition coefficient (Wildman–Crippen LogP) is 4.35. The molecule has 0 radical (unpaired) electrons. The molecule has 0 amide bonds. The summed E-state index contributed by atoms with van der Waals surface area (Å²) in [4.78, 5) is 14.3. The molecule has 1 saturated heterocycles. The Labute approximate surface area is 149 Å². The molecule has 5 nitrogen and oxygen atoms in total. The van der Waals surface area contributed by atoms with Crippen molar-refractivity contribution in [1.82, 2.24) is 4.98 Å². The standard InChI is InChI=1S/C19H16ClNO4/c20-17-8-18-15(16(9-21-18)19(22)23)7-14(17)11-1-3-12(4-2-11)25-10-13-5-6-24-13/h1-4,7-9,13,21H,5-6,10H2,(H,22,23). The van der Waals surface area contributed by atoms with Gasteiger partial charge in [-0.2, -0.15) is 0 Å². The fourth-order valence-corrected chi connectivity index (χ4v) is 3.15. The average Bonchev–Trinajstić information content (AvgIpc) is 2.96. The van der Waals surface area contributed by atoms with Crippen molar-refractivity contribution in [2.75, 3.05) is 13.2 Å². The molecule has 0 spiro atoms. The molecular weight excluding hydrogens is 342 g/mol. The quantitative estimate of drug-likeness (QED) is 0.712. The summed E-state index contributed by atoms with van der Waals surface area (Å²) in [5.41, 5.74) is 2.61. The summed E-state index contributed by atoms with van der Waals surface area (Å²) >= 11 is 6.38. The van der Waals surface area contributed by atoms with Crippen molar-refractivity contribution in [1.29, 1.82) is 0 Å². The number of aromatic nitrogens is 1. The van der Waals surface area contributed by atoms with Gasteiger partial charge in [-0.1, -0.05) is 23.7 Å². The zero-order chi connectivity index (χ0) is 17.4. The summed E-state index contributed by atoms with van der Waals surface area (Å²) in [5.74, 6) is -0.203. The minimum absolute atomic E-state index is 0.194. The molecule has 0 aliphatic carbocycles. The van der Waals surface area contributed by atoms with E-state index < -0.39 is 5.97 Å². The summed E-state index contributed by atoms with van der Waals surface area (Å²) in [6, 6.07) is 11.1.